The van der Waals surface area contributed by atoms with E-state index in [1.54, 1.807) is 23.0 Å². The Bertz CT molecular complexity index is 468. The number of allylic oxidation sites excluding steroid dienone is 1. The van der Waals surface area contributed by atoms with Gasteiger partial charge in [0.05, 0.1) is 7.14 Å². The number of nitrogens with zero attached hydrogens (tertiary/aromatic N) is 1. The smallest absolute Gasteiger partial charge is 0.326 e. The van der Waals surface area contributed by atoms with Crippen molar-refractivity contribution in [3.05, 3.63) is 41.9 Å². The van der Waals surface area contributed by atoms with Gasteiger partial charge in [0.25, 0.3) is 0 Å². The maximum absolute atomic E-state index is 11.5. The van der Waals surface area contributed by atoms with E-state index in [4.69, 9.17) is 4.74 Å². The molecule has 0 fully saturated rings. The fraction of sp³-hybridized carbons (Fsp3) is 0.273. The van der Waals surface area contributed by atoms with Gasteiger partial charge in [-0.05, 0) is 52.1 Å². The van der Waals surface area contributed by atoms with Gasteiger partial charge in [0.2, 0.25) is 5.43 Å². The Morgan fingerprint density at radius 2 is 2.00 bits per heavy atom. The standard InChI is InChI=1S/C11H11I2NO3/c1-2-3-4-17-10(15)7-14-5-8(12)11(16)9(13)6-14/h2-3,5-6H,4,7H2,1H3/b3-2+. The predicted octanol–water partition coefficient (Wildman–Crippen LogP) is 2.18. The van der Waals surface area contributed by atoms with Crippen molar-refractivity contribution in [2.75, 3.05) is 6.61 Å². The van der Waals surface area contributed by atoms with Gasteiger partial charge < -0.3 is 9.30 Å². The van der Waals surface area contributed by atoms with Crippen LogP contribution in [0.4, 0.5) is 0 Å². The van der Waals surface area contributed by atoms with Crippen LogP contribution in [-0.2, 0) is 16.1 Å². The molecular weight excluding hydrogens is 448 g/mol. The maximum atomic E-state index is 11.5. The second-order valence-electron chi connectivity index (χ2n) is 3.21. The number of hydrogen-bond donors (Lipinski definition) is 0. The molecule has 1 aromatic rings. The molecule has 0 saturated heterocycles. The summed E-state index contributed by atoms with van der Waals surface area (Å²) in [5.74, 6) is -0.321. The van der Waals surface area contributed by atoms with Gasteiger partial charge in [-0.2, -0.15) is 0 Å². The Morgan fingerprint density at radius 1 is 1.41 bits per heavy atom. The van der Waals surface area contributed by atoms with Crippen molar-refractivity contribution in [3.8, 4) is 0 Å². The van der Waals surface area contributed by atoms with Crippen LogP contribution in [0.25, 0.3) is 0 Å². The summed E-state index contributed by atoms with van der Waals surface area (Å²) in [6.45, 7) is 2.26. The van der Waals surface area contributed by atoms with Crippen molar-refractivity contribution >= 4 is 51.2 Å². The van der Waals surface area contributed by atoms with Gasteiger partial charge in [-0.15, -0.1) is 0 Å². The van der Waals surface area contributed by atoms with E-state index in [1.165, 1.54) is 0 Å². The summed E-state index contributed by atoms with van der Waals surface area (Å²) in [6, 6.07) is 0. The third-order valence-electron chi connectivity index (χ3n) is 1.88. The molecule has 0 aromatic carbocycles. The molecule has 0 aliphatic carbocycles. The van der Waals surface area contributed by atoms with Gasteiger partial charge in [-0.3, -0.25) is 9.59 Å². The van der Waals surface area contributed by atoms with Gasteiger partial charge in [0.15, 0.2) is 0 Å². The second kappa shape index (κ2) is 7.14. The van der Waals surface area contributed by atoms with Crippen LogP contribution in [0.2, 0.25) is 0 Å². The van der Waals surface area contributed by atoms with E-state index in [9.17, 15) is 9.59 Å². The molecule has 92 valence electrons. The van der Waals surface area contributed by atoms with E-state index in [-0.39, 0.29) is 24.5 Å². The molecule has 0 saturated carbocycles. The highest BCUT2D eigenvalue weighted by Crippen LogP contribution is 2.04. The van der Waals surface area contributed by atoms with Crippen LogP contribution in [-0.4, -0.2) is 17.1 Å². The quantitative estimate of drug-likeness (QED) is 0.395. The van der Waals surface area contributed by atoms with Crippen molar-refractivity contribution in [3.63, 3.8) is 0 Å². The minimum Gasteiger partial charge on any atom is -0.460 e. The molecule has 1 aromatic heterocycles. The van der Waals surface area contributed by atoms with Crippen LogP contribution in [0.5, 0.6) is 0 Å². The molecule has 1 rings (SSSR count). The van der Waals surface area contributed by atoms with Crippen LogP contribution in [0, 0.1) is 7.14 Å². The normalized spacial score (nSPS) is 10.8. The molecule has 0 atom stereocenters. The Hall–Kier alpha value is -0.380. The lowest BCUT2D eigenvalue weighted by molar-refractivity contribution is -0.143. The highest BCUT2D eigenvalue weighted by molar-refractivity contribution is 14.1. The van der Waals surface area contributed by atoms with Crippen LogP contribution >= 0.6 is 45.2 Å². The number of carbonyl (C=O) groups excluding carboxylic acids is 1. The Balaban J connectivity index is 2.69. The molecule has 0 amide bonds. The second-order valence-corrected chi connectivity index (χ2v) is 5.53. The summed E-state index contributed by atoms with van der Waals surface area (Å²) in [5.41, 5.74) is -0.00951. The summed E-state index contributed by atoms with van der Waals surface area (Å²) in [6.07, 6.45) is 6.86. The molecule has 0 N–H and O–H groups in total. The SMILES string of the molecule is C/C=C/COC(=O)Cn1cc(I)c(=O)c(I)c1. The van der Waals surface area contributed by atoms with Gasteiger partial charge in [-0.25, -0.2) is 0 Å². The maximum Gasteiger partial charge on any atom is 0.326 e. The van der Waals surface area contributed by atoms with Gasteiger partial charge in [0, 0.05) is 12.4 Å². The van der Waals surface area contributed by atoms with Crippen LogP contribution < -0.4 is 5.43 Å². The van der Waals surface area contributed by atoms with Crippen molar-refractivity contribution in [2.24, 2.45) is 0 Å². The molecule has 0 spiro atoms. The van der Waals surface area contributed by atoms with E-state index in [0.29, 0.717) is 7.14 Å². The molecule has 0 unspecified atom stereocenters. The van der Waals surface area contributed by atoms with Crippen molar-refractivity contribution in [1.82, 2.24) is 4.57 Å². The number of halogens is 2. The summed E-state index contributed by atoms with van der Waals surface area (Å²) in [7, 11) is 0. The van der Waals surface area contributed by atoms with Gasteiger partial charge >= 0.3 is 5.97 Å². The minimum atomic E-state index is -0.321. The number of esters is 1. The van der Waals surface area contributed by atoms with Crippen molar-refractivity contribution in [2.45, 2.75) is 13.5 Å². The lowest BCUT2D eigenvalue weighted by atomic mass is 10.4. The summed E-state index contributed by atoms with van der Waals surface area (Å²) in [5, 5.41) is 0. The first-order valence-electron chi connectivity index (χ1n) is 4.86. The number of pyridine rings is 1. The zero-order valence-corrected chi connectivity index (χ0v) is 13.5. The van der Waals surface area contributed by atoms with E-state index < -0.39 is 0 Å². The Labute approximate surface area is 126 Å². The molecule has 0 aliphatic heterocycles. The monoisotopic (exact) mass is 459 g/mol. The zero-order valence-electron chi connectivity index (χ0n) is 9.15. The first kappa shape index (κ1) is 14.7. The lowest BCUT2D eigenvalue weighted by Crippen LogP contribution is -2.18. The summed E-state index contributed by atoms with van der Waals surface area (Å²) < 4.78 is 7.81. The average molecular weight is 459 g/mol. The van der Waals surface area contributed by atoms with E-state index in [0.717, 1.165) is 0 Å². The molecule has 17 heavy (non-hydrogen) atoms. The van der Waals surface area contributed by atoms with Crippen LogP contribution in [0.3, 0.4) is 0 Å². The largest absolute Gasteiger partial charge is 0.460 e. The molecule has 0 aliphatic rings. The van der Waals surface area contributed by atoms with Crippen LogP contribution in [0.1, 0.15) is 6.92 Å². The van der Waals surface area contributed by atoms with Crippen LogP contribution in [0.15, 0.2) is 29.3 Å². The number of ether oxygens (including phenoxy) is 1. The third kappa shape index (κ3) is 4.78. The summed E-state index contributed by atoms with van der Waals surface area (Å²) >= 11 is 3.91. The number of hydrogen-bond acceptors (Lipinski definition) is 3. The predicted molar refractivity (Wildman–Crippen MR) is 81.9 cm³/mol. The fourth-order valence-electron chi connectivity index (χ4n) is 1.08. The summed E-state index contributed by atoms with van der Waals surface area (Å²) in [4.78, 5) is 22.9. The van der Waals surface area contributed by atoms with Crippen molar-refractivity contribution < 1.29 is 9.53 Å². The van der Waals surface area contributed by atoms with E-state index in [1.807, 2.05) is 58.2 Å². The van der Waals surface area contributed by atoms with E-state index >= 15 is 0 Å². The Morgan fingerprint density at radius 3 is 2.53 bits per heavy atom. The lowest BCUT2D eigenvalue weighted by Gasteiger charge is -2.07. The van der Waals surface area contributed by atoms with Gasteiger partial charge in [-0.1, -0.05) is 12.2 Å². The molecule has 6 heteroatoms. The molecule has 1 heterocycles. The topological polar surface area (TPSA) is 48.3 Å². The Kier molecular flexibility index (Phi) is 6.17. The first-order chi connectivity index (χ1) is 8.04. The molecule has 0 radical (unpaired) electrons. The average Bonchev–Trinajstić information content (AvgIpc) is 2.26. The number of carbonyl (C=O) groups is 1. The first-order valence-corrected chi connectivity index (χ1v) is 7.02. The highest BCUT2D eigenvalue weighted by atomic mass is 127. The third-order valence-corrected chi connectivity index (χ3v) is 3.42. The molecule has 4 nitrogen and oxygen atoms in total. The number of aromatic nitrogens is 1. The highest BCUT2D eigenvalue weighted by Gasteiger charge is 2.06. The fourth-order valence-corrected chi connectivity index (χ4v) is 2.90. The molecule has 0 bridgehead atoms. The van der Waals surface area contributed by atoms with E-state index in [2.05, 4.69) is 0 Å². The number of rotatable bonds is 4. The van der Waals surface area contributed by atoms with Crippen molar-refractivity contribution in [1.29, 1.82) is 0 Å². The minimum absolute atomic E-state index is 0.00951. The molecular formula is C11H11I2NO3. The zero-order chi connectivity index (χ0) is 12.8. The van der Waals surface area contributed by atoms with Gasteiger partial charge in [0.1, 0.15) is 13.2 Å².